The molecular weight excluding hydrogens is 202 g/mol. The molecule has 0 radical (unpaired) electrons. The summed E-state index contributed by atoms with van der Waals surface area (Å²) in [5.74, 6) is 1.13. The molecule has 84 valence electrons. The molecule has 2 aromatic rings. The van der Waals surface area contributed by atoms with E-state index in [1.807, 2.05) is 4.68 Å². The van der Waals surface area contributed by atoms with Gasteiger partial charge in [0, 0.05) is 5.69 Å². The molecule has 0 saturated heterocycles. The zero-order chi connectivity index (χ0) is 11.5. The minimum atomic E-state index is 0.421. The van der Waals surface area contributed by atoms with Gasteiger partial charge in [-0.2, -0.15) is 5.10 Å². The summed E-state index contributed by atoms with van der Waals surface area (Å²) in [7, 11) is 0. The molecule has 0 fully saturated rings. The summed E-state index contributed by atoms with van der Waals surface area (Å²) < 4.78 is 1.82. The van der Waals surface area contributed by atoms with E-state index in [2.05, 4.69) is 35.0 Å². The van der Waals surface area contributed by atoms with E-state index in [9.17, 15) is 0 Å². The van der Waals surface area contributed by atoms with Crippen LogP contribution in [0.1, 0.15) is 25.2 Å². The minimum absolute atomic E-state index is 0.421. The lowest BCUT2D eigenvalue weighted by Gasteiger charge is -2.03. The summed E-state index contributed by atoms with van der Waals surface area (Å²) in [6.45, 7) is 4.18. The Hall–Kier alpha value is -1.91. The molecule has 0 unspecified atom stereocenters. The summed E-state index contributed by atoms with van der Waals surface area (Å²) in [6.07, 6.45) is 5.02. The maximum atomic E-state index is 5.50. The van der Waals surface area contributed by atoms with Gasteiger partial charge in [0.15, 0.2) is 5.82 Å². The molecule has 2 N–H and O–H groups in total. The zero-order valence-electron chi connectivity index (χ0n) is 9.51. The summed E-state index contributed by atoms with van der Waals surface area (Å²) >= 11 is 0. The largest absolute Gasteiger partial charge is 0.382 e. The van der Waals surface area contributed by atoms with Crippen molar-refractivity contribution in [3.63, 3.8) is 0 Å². The van der Waals surface area contributed by atoms with Gasteiger partial charge in [-0.25, -0.2) is 14.6 Å². The molecular formula is C11H15N5. The second kappa shape index (κ2) is 4.30. The van der Waals surface area contributed by atoms with Crippen LogP contribution in [-0.4, -0.2) is 19.7 Å². The van der Waals surface area contributed by atoms with Gasteiger partial charge in [0.25, 0.3) is 0 Å². The minimum Gasteiger partial charge on any atom is -0.382 e. The Morgan fingerprint density at radius 2 is 2.00 bits per heavy atom. The van der Waals surface area contributed by atoms with Crippen molar-refractivity contribution in [2.24, 2.45) is 0 Å². The molecule has 0 aliphatic carbocycles. The van der Waals surface area contributed by atoms with Crippen molar-refractivity contribution in [3.05, 3.63) is 29.8 Å². The van der Waals surface area contributed by atoms with Crippen LogP contribution in [0.15, 0.2) is 18.5 Å². The number of nitrogen functional groups attached to an aromatic ring is 1. The Bertz CT molecular complexity index is 472. The molecule has 2 rings (SSSR count). The number of hydrogen-bond donors (Lipinski definition) is 1. The van der Waals surface area contributed by atoms with Gasteiger partial charge in [-0.15, -0.1) is 0 Å². The molecule has 5 nitrogen and oxygen atoms in total. The lowest BCUT2D eigenvalue weighted by atomic mass is 10.3. The number of hydrogen-bond acceptors (Lipinski definition) is 4. The van der Waals surface area contributed by atoms with Crippen LogP contribution in [-0.2, 0) is 12.8 Å². The van der Waals surface area contributed by atoms with Gasteiger partial charge >= 0.3 is 0 Å². The van der Waals surface area contributed by atoms with E-state index < -0.39 is 0 Å². The Kier molecular flexibility index (Phi) is 2.85. The van der Waals surface area contributed by atoms with Crippen molar-refractivity contribution in [3.8, 4) is 5.82 Å². The van der Waals surface area contributed by atoms with Crippen molar-refractivity contribution >= 4 is 5.82 Å². The van der Waals surface area contributed by atoms with E-state index in [-0.39, 0.29) is 0 Å². The van der Waals surface area contributed by atoms with Gasteiger partial charge in [-0.05, 0) is 18.9 Å². The number of rotatable bonds is 3. The molecule has 0 aromatic carbocycles. The third-order valence-corrected chi connectivity index (χ3v) is 2.43. The van der Waals surface area contributed by atoms with Crippen molar-refractivity contribution in [2.75, 3.05) is 5.73 Å². The van der Waals surface area contributed by atoms with Gasteiger partial charge in [0.2, 0.25) is 0 Å². The number of aryl methyl sites for hydroxylation is 2. The first kappa shape index (κ1) is 10.6. The van der Waals surface area contributed by atoms with E-state index in [1.165, 1.54) is 0 Å². The highest BCUT2D eigenvalue weighted by Gasteiger charge is 2.08. The maximum absolute atomic E-state index is 5.50. The normalized spacial score (nSPS) is 10.6. The summed E-state index contributed by atoms with van der Waals surface area (Å²) in [4.78, 5) is 8.24. The first-order valence-electron chi connectivity index (χ1n) is 5.40. The average molecular weight is 217 g/mol. The lowest BCUT2D eigenvalue weighted by molar-refractivity contribution is 0.768. The quantitative estimate of drug-likeness (QED) is 0.843. The van der Waals surface area contributed by atoms with E-state index in [1.54, 1.807) is 12.4 Å². The van der Waals surface area contributed by atoms with Crippen LogP contribution in [0.5, 0.6) is 0 Å². The Labute approximate surface area is 94.3 Å². The van der Waals surface area contributed by atoms with E-state index >= 15 is 0 Å². The third kappa shape index (κ3) is 1.88. The van der Waals surface area contributed by atoms with Crippen LogP contribution >= 0.6 is 0 Å². The van der Waals surface area contributed by atoms with Crippen molar-refractivity contribution in [2.45, 2.75) is 26.7 Å². The van der Waals surface area contributed by atoms with E-state index in [0.717, 1.165) is 24.2 Å². The molecule has 2 heterocycles. The van der Waals surface area contributed by atoms with Crippen molar-refractivity contribution in [1.82, 2.24) is 19.7 Å². The van der Waals surface area contributed by atoms with Gasteiger partial charge in [-0.1, -0.05) is 13.8 Å². The standard InChI is InChI=1S/C11H15N5/c1-3-8-5-9(4-2)16(15-8)11-7-13-10(12)6-14-11/h5-7H,3-4H2,1-2H3,(H2,12,13). The smallest absolute Gasteiger partial charge is 0.172 e. The molecule has 0 spiro atoms. The summed E-state index contributed by atoms with van der Waals surface area (Å²) in [5, 5.41) is 4.47. The van der Waals surface area contributed by atoms with Crippen LogP contribution < -0.4 is 5.73 Å². The summed E-state index contributed by atoms with van der Waals surface area (Å²) in [6, 6.07) is 2.10. The molecule has 0 saturated carbocycles. The van der Waals surface area contributed by atoms with Crippen molar-refractivity contribution in [1.29, 1.82) is 0 Å². The molecule has 0 aliphatic rings. The monoisotopic (exact) mass is 217 g/mol. The number of aromatic nitrogens is 4. The molecule has 16 heavy (non-hydrogen) atoms. The Morgan fingerprint density at radius 3 is 2.56 bits per heavy atom. The number of anilines is 1. The fraction of sp³-hybridized carbons (Fsp3) is 0.364. The van der Waals surface area contributed by atoms with Crippen LogP contribution in [0.4, 0.5) is 5.82 Å². The van der Waals surface area contributed by atoms with Crippen LogP contribution in [0.25, 0.3) is 5.82 Å². The molecule has 5 heteroatoms. The van der Waals surface area contributed by atoms with Gasteiger partial charge < -0.3 is 5.73 Å². The lowest BCUT2D eigenvalue weighted by Crippen LogP contribution is -2.05. The maximum Gasteiger partial charge on any atom is 0.172 e. The predicted molar refractivity (Wildman–Crippen MR) is 62.3 cm³/mol. The summed E-state index contributed by atoms with van der Waals surface area (Å²) in [5.41, 5.74) is 7.70. The fourth-order valence-electron chi connectivity index (χ4n) is 1.54. The topological polar surface area (TPSA) is 69.6 Å². The highest BCUT2D eigenvalue weighted by atomic mass is 15.3. The molecule has 0 atom stereocenters. The third-order valence-electron chi connectivity index (χ3n) is 2.43. The van der Waals surface area contributed by atoms with Gasteiger partial charge in [0.1, 0.15) is 5.82 Å². The SMILES string of the molecule is CCc1cc(CC)n(-c2cnc(N)cn2)n1. The first-order valence-corrected chi connectivity index (χ1v) is 5.40. The highest BCUT2D eigenvalue weighted by Crippen LogP contribution is 2.11. The second-order valence-corrected chi connectivity index (χ2v) is 3.55. The van der Waals surface area contributed by atoms with E-state index in [4.69, 9.17) is 5.73 Å². The fourth-order valence-corrected chi connectivity index (χ4v) is 1.54. The number of nitrogens with zero attached hydrogens (tertiary/aromatic N) is 4. The van der Waals surface area contributed by atoms with Crippen LogP contribution in [0.3, 0.4) is 0 Å². The van der Waals surface area contributed by atoms with Crippen molar-refractivity contribution < 1.29 is 0 Å². The molecule has 2 aromatic heterocycles. The Balaban J connectivity index is 2.45. The number of nitrogens with two attached hydrogens (primary N) is 1. The zero-order valence-corrected chi connectivity index (χ0v) is 9.51. The van der Waals surface area contributed by atoms with E-state index in [0.29, 0.717) is 11.6 Å². The average Bonchev–Trinajstić information content (AvgIpc) is 2.73. The first-order chi connectivity index (χ1) is 7.74. The molecule has 0 amide bonds. The highest BCUT2D eigenvalue weighted by molar-refractivity contribution is 5.30. The molecule has 0 aliphatic heterocycles. The Morgan fingerprint density at radius 1 is 1.19 bits per heavy atom. The van der Waals surface area contributed by atoms with Gasteiger partial charge in [-0.3, -0.25) is 0 Å². The predicted octanol–water partition coefficient (Wildman–Crippen LogP) is 1.37. The molecule has 0 bridgehead atoms. The van der Waals surface area contributed by atoms with Crippen LogP contribution in [0.2, 0.25) is 0 Å². The van der Waals surface area contributed by atoms with Crippen LogP contribution in [0, 0.1) is 0 Å². The second-order valence-electron chi connectivity index (χ2n) is 3.55. The van der Waals surface area contributed by atoms with Gasteiger partial charge in [0.05, 0.1) is 18.1 Å².